The lowest BCUT2D eigenvalue weighted by Gasteiger charge is -2.26. The first-order valence-electron chi connectivity index (χ1n) is 11.8. The maximum Gasteiger partial charge on any atom is 0.295 e. The van der Waals surface area contributed by atoms with Gasteiger partial charge in [0.15, 0.2) is 0 Å². The van der Waals surface area contributed by atoms with Gasteiger partial charge in [-0.15, -0.1) is 0 Å². The molecular weight excluding hydrogens is 455 g/mol. The van der Waals surface area contributed by atoms with Crippen molar-refractivity contribution in [3.8, 4) is 0 Å². The van der Waals surface area contributed by atoms with Crippen molar-refractivity contribution in [1.29, 1.82) is 0 Å². The number of aliphatic hydroxyl groups is 1. The van der Waals surface area contributed by atoms with Gasteiger partial charge in [-0.25, -0.2) is 4.39 Å². The van der Waals surface area contributed by atoms with Gasteiger partial charge in [0.05, 0.1) is 11.6 Å². The summed E-state index contributed by atoms with van der Waals surface area (Å²) in [6.07, 6.45) is 1.65. The number of carbonyl (C=O) groups excluding carboxylic acids is 2. The predicted molar refractivity (Wildman–Crippen MR) is 138 cm³/mol. The fourth-order valence-electron chi connectivity index (χ4n) is 4.75. The van der Waals surface area contributed by atoms with Crippen LogP contribution in [0.2, 0.25) is 0 Å². The summed E-state index contributed by atoms with van der Waals surface area (Å²) in [5, 5.41) is 12.2. The third-order valence-corrected chi connectivity index (χ3v) is 6.74. The lowest BCUT2D eigenvalue weighted by atomic mass is 9.85. The Hall–Kier alpha value is -4.19. The number of H-pyrrole nitrogens is 1. The number of nitrogens with one attached hydrogen (secondary N) is 1. The molecular formula is C30H27FN2O3. The van der Waals surface area contributed by atoms with E-state index in [4.69, 9.17) is 0 Å². The molecule has 0 spiro atoms. The summed E-state index contributed by atoms with van der Waals surface area (Å²) >= 11 is 0. The standard InChI is InChI=1S/C30H27FN2O3/c1-30(2,3)20-12-10-19(11-13-20)26-25(27(34)23-16-32-24-7-5-4-6-22(23)24)28(35)29(36)33(26)17-18-8-14-21(31)15-9-18/h4-16,26,32,34H,17H2,1-3H3/b27-25-. The van der Waals surface area contributed by atoms with Crippen molar-refractivity contribution in [2.45, 2.75) is 38.8 Å². The molecule has 4 aromatic rings. The minimum Gasteiger partial charge on any atom is -0.507 e. The number of halogens is 1. The van der Waals surface area contributed by atoms with E-state index in [1.807, 2.05) is 48.5 Å². The average Bonchev–Trinajstić information content (AvgIpc) is 3.39. The third kappa shape index (κ3) is 4.09. The minimum absolute atomic E-state index is 0.0374. The van der Waals surface area contributed by atoms with E-state index in [9.17, 15) is 19.1 Å². The van der Waals surface area contributed by atoms with Gasteiger partial charge in [-0.05, 0) is 40.3 Å². The van der Waals surface area contributed by atoms with Gasteiger partial charge in [-0.3, -0.25) is 9.59 Å². The quantitative estimate of drug-likeness (QED) is 0.206. The molecule has 1 atom stereocenters. The number of fused-ring (bicyclic) bond motifs is 1. The molecule has 6 heteroatoms. The van der Waals surface area contributed by atoms with Crippen LogP contribution in [0.25, 0.3) is 16.7 Å². The maximum atomic E-state index is 13.5. The van der Waals surface area contributed by atoms with Crippen LogP contribution in [0, 0.1) is 5.82 Å². The smallest absolute Gasteiger partial charge is 0.295 e. The molecule has 5 nitrogen and oxygen atoms in total. The summed E-state index contributed by atoms with van der Waals surface area (Å²) in [5.74, 6) is -2.05. The molecule has 2 N–H and O–H groups in total. The molecule has 3 aromatic carbocycles. The Morgan fingerprint density at radius 2 is 1.64 bits per heavy atom. The number of ketones is 1. The van der Waals surface area contributed by atoms with Crippen molar-refractivity contribution < 1.29 is 19.1 Å². The van der Waals surface area contributed by atoms with E-state index in [-0.39, 0.29) is 29.1 Å². The van der Waals surface area contributed by atoms with Crippen molar-refractivity contribution in [2.24, 2.45) is 0 Å². The fourth-order valence-corrected chi connectivity index (χ4v) is 4.75. The Bertz CT molecular complexity index is 1490. The van der Waals surface area contributed by atoms with Gasteiger partial charge in [0.1, 0.15) is 11.6 Å². The van der Waals surface area contributed by atoms with Gasteiger partial charge >= 0.3 is 0 Å². The molecule has 0 aliphatic carbocycles. The number of rotatable bonds is 4. The van der Waals surface area contributed by atoms with E-state index >= 15 is 0 Å². The molecule has 1 aliphatic rings. The van der Waals surface area contributed by atoms with Crippen LogP contribution in [-0.2, 0) is 21.5 Å². The highest BCUT2D eigenvalue weighted by Crippen LogP contribution is 2.41. The Morgan fingerprint density at radius 1 is 0.972 bits per heavy atom. The second-order valence-corrected chi connectivity index (χ2v) is 10.2. The number of carbonyl (C=O) groups is 2. The van der Waals surface area contributed by atoms with Crippen LogP contribution in [0.3, 0.4) is 0 Å². The van der Waals surface area contributed by atoms with Crippen molar-refractivity contribution in [2.75, 3.05) is 0 Å². The first-order valence-corrected chi connectivity index (χ1v) is 11.8. The monoisotopic (exact) mass is 482 g/mol. The molecule has 182 valence electrons. The van der Waals surface area contributed by atoms with Crippen LogP contribution in [-0.4, -0.2) is 26.7 Å². The topological polar surface area (TPSA) is 73.4 Å². The van der Waals surface area contributed by atoms with Gasteiger partial charge in [0, 0.05) is 29.2 Å². The van der Waals surface area contributed by atoms with Crippen LogP contribution in [0.4, 0.5) is 4.39 Å². The molecule has 36 heavy (non-hydrogen) atoms. The Balaban J connectivity index is 1.66. The van der Waals surface area contributed by atoms with Gasteiger partial charge in [-0.1, -0.05) is 75.4 Å². The maximum absolute atomic E-state index is 13.5. The zero-order valence-electron chi connectivity index (χ0n) is 20.4. The summed E-state index contributed by atoms with van der Waals surface area (Å²) in [7, 11) is 0. The van der Waals surface area contributed by atoms with Gasteiger partial charge in [0.25, 0.3) is 11.7 Å². The number of amides is 1. The van der Waals surface area contributed by atoms with Crippen LogP contribution in [0.15, 0.2) is 84.6 Å². The Morgan fingerprint density at radius 3 is 2.31 bits per heavy atom. The normalized spacial score (nSPS) is 17.8. The highest BCUT2D eigenvalue weighted by atomic mass is 19.1. The number of Topliss-reactive ketones (excluding diaryl/α,β-unsaturated/α-hetero) is 1. The number of aromatic amines is 1. The molecule has 0 radical (unpaired) electrons. The van der Waals surface area contributed by atoms with Crippen molar-refractivity contribution >= 4 is 28.4 Å². The first kappa shape index (κ1) is 23.5. The molecule has 0 saturated carbocycles. The van der Waals surface area contributed by atoms with Gasteiger partial charge in [-0.2, -0.15) is 0 Å². The van der Waals surface area contributed by atoms with Crippen LogP contribution < -0.4 is 0 Å². The summed E-state index contributed by atoms with van der Waals surface area (Å²) in [6.45, 7) is 6.43. The largest absolute Gasteiger partial charge is 0.507 e. The lowest BCUT2D eigenvalue weighted by molar-refractivity contribution is -0.140. The second-order valence-electron chi connectivity index (χ2n) is 10.2. The predicted octanol–water partition coefficient (Wildman–Crippen LogP) is 6.23. The Kier molecular flexibility index (Phi) is 5.75. The molecule has 1 aliphatic heterocycles. The van der Waals surface area contributed by atoms with E-state index < -0.39 is 17.7 Å². The zero-order chi connectivity index (χ0) is 25.6. The summed E-state index contributed by atoms with van der Waals surface area (Å²) in [4.78, 5) is 31.2. The molecule has 1 amide bonds. The molecule has 0 bridgehead atoms. The van der Waals surface area contributed by atoms with Gasteiger partial charge in [0.2, 0.25) is 0 Å². The van der Waals surface area contributed by atoms with E-state index in [2.05, 4.69) is 25.8 Å². The van der Waals surface area contributed by atoms with E-state index in [1.54, 1.807) is 18.3 Å². The van der Waals surface area contributed by atoms with E-state index in [0.717, 1.165) is 16.5 Å². The summed E-state index contributed by atoms with van der Waals surface area (Å²) in [5.41, 5.74) is 3.74. The summed E-state index contributed by atoms with van der Waals surface area (Å²) in [6, 6.07) is 20.3. The second kappa shape index (κ2) is 8.79. The van der Waals surface area contributed by atoms with Crippen LogP contribution in [0.1, 0.15) is 49.1 Å². The third-order valence-electron chi connectivity index (χ3n) is 6.74. The highest BCUT2D eigenvalue weighted by molar-refractivity contribution is 6.46. The average molecular weight is 483 g/mol. The van der Waals surface area contributed by atoms with Crippen molar-refractivity contribution in [1.82, 2.24) is 9.88 Å². The Labute approximate surface area is 208 Å². The number of hydrogen-bond acceptors (Lipinski definition) is 3. The number of aromatic nitrogens is 1. The molecule has 1 unspecified atom stereocenters. The highest BCUT2D eigenvalue weighted by Gasteiger charge is 2.46. The first-order chi connectivity index (χ1) is 17.1. The van der Waals surface area contributed by atoms with E-state index in [1.165, 1.54) is 17.0 Å². The molecule has 2 heterocycles. The molecule has 5 rings (SSSR count). The number of nitrogens with zero attached hydrogens (tertiary/aromatic N) is 1. The minimum atomic E-state index is -0.794. The van der Waals surface area contributed by atoms with Crippen molar-refractivity contribution in [3.63, 3.8) is 0 Å². The van der Waals surface area contributed by atoms with Crippen LogP contribution >= 0.6 is 0 Å². The number of para-hydroxylation sites is 1. The lowest BCUT2D eigenvalue weighted by Crippen LogP contribution is -2.29. The fraction of sp³-hybridized carbons (Fsp3) is 0.200. The van der Waals surface area contributed by atoms with Crippen LogP contribution in [0.5, 0.6) is 0 Å². The molecule has 1 fully saturated rings. The van der Waals surface area contributed by atoms with E-state index in [0.29, 0.717) is 16.7 Å². The zero-order valence-corrected chi connectivity index (χ0v) is 20.4. The number of aliphatic hydroxyl groups excluding tert-OH is 1. The molecule has 1 saturated heterocycles. The summed E-state index contributed by atoms with van der Waals surface area (Å²) < 4.78 is 13.5. The molecule has 1 aromatic heterocycles. The van der Waals surface area contributed by atoms with Crippen molar-refractivity contribution in [3.05, 3.63) is 113 Å². The number of hydrogen-bond donors (Lipinski definition) is 2. The van der Waals surface area contributed by atoms with Gasteiger partial charge < -0.3 is 15.0 Å². The number of likely N-dealkylation sites (tertiary alicyclic amines) is 1. The SMILES string of the molecule is CC(C)(C)c1ccc(C2/C(=C(/O)c3c[nH]c4ccccc34)C(=O)C(=O)N2Cc2ccc(F)cc2)cc1. The number of benzene rings is 3.